The number of carbonyl (C=O) groups excluding carboxylic acids is 1. The van der Waals surface area contributed by atoms with Crippen molar-refractivity contribution in [3.8, 4) is 24.0 Å². The molecule has 0 spiro atoms. The topological polar surface area (TPSA) is 73.9 Å². The van der Waals surface area contributed by atoms with Crippen molar-refractivity contribution in [1.29, 1.82) is 10.5 Å². The van der Waals surface area contributed by atoms with Crippen molar-refractivity contribution < 1.29 is 9.53 Å². The number of nitriles is 2. The van der Waals surface area contributed by atoms with Crippen molar-refractivity contribution in [2.75, 3.05) is 6.61 Å². The van der Waals surface area contributed by atoms with E-state index in [1.165, 1.54) is 6.92 Å². The first-order chi connectivity index (χ1) is 11.6. The van der Waals surface area contributed by atoms with Crippen molar-refractivity contribution in [1.82, 2.24) is 0 Å². The molecule has 0 fully saturated rings. The SMILES string of the molecule is C=C=C[C@@H]1C(C(C#N)(C#N)CC#CCOC(C)=O)=C[C@H]2C=CC1C2. The maximum absolute atomic E-state index is 10.7. The van der Waals surface area contributed by atoms with Crippen molar-refractivity contribution in [2.24, 2.45) is 23.2 Å². The molecule has 0 aromatic heterocycles. The molecule has 0 saturated carbocycles. The van der Waals surface area contributed by atoms with Gasteiger partial charge in [0.05, 0.1) is 12.1 Å². The van der Waals surface area contributed by atoms with E-state index in [1.807, 2.05) is 12.2 Å². The Kier molecular flexibility index (Phi) is 5.44. The minimum absolute atomic E-state index is 0.0376. The summed E-state index contributed by atoms with van der Waals surface area (Å²) in [5.41, 5.74) is 2.26. The highest BCUT2D eigenvalue weighted by Gasteiger charge is 2.43. The van der Waals surface area contributed by atoms with Gasteiger partial charge in [-0.2, -0.15) is 10.5 Å². The highest BCUT2D eigenvalue weighted by atomic mass is 16.5. The third kappa shape index (κ3) is 3.49. The summed E-state index contributed by atoms with van der Waals surface area (Å²) in [5.74, 6) is 5.55. The van der Waals surface area contributed by atoms with E-state index in [4.69, 9.17) is 4.74 Å². The van der Waals surface area contributed by atoms with Crippen LogP contribution in [0.1, 0.15) is 19.8 Å². The zero-order valence-corrected chi connectivity index (χ0v) is 13.6. The molecule has 4 nitrogen and oxygen atoms in total. The number of hydrogen-bond acceptors (Lipinski definition) is 4. The van der Waals surface area contributed by atoms with Gasteiger partial charge in [-0.1, -0.05) is 36.6 Å². The van der Waals surface area contributed by atoms with Gasteiger partial charge in [0, 0.05) is 19.3 Å². The second-order valence-corrected chi connectivity index (χ2v) is 5.91. The maximum Gasteiger partial charge on any atom is 0.303 e. The van der Waals surface area contributed by atoms with Crippen LogP contribution in [0.5, 0.6) is 0 Å². The van der Waals surface area contributed by atoms with Crippen LogP contribution in [0.15, 0.2) is 42.2 Å². The van der Waals surface area contributed by atoms with Gasteiger partial charge in [0.25, 0.3) is 0 Å². The molecule has 0 aliphatic heterocycles. The normalized spacial score (nSPS) is 23.6. The summed E-state index contributed by atoms with van der Waals surface area (Å²) in [7, 11) is 0. The molecule has 120 valence electrons. The van der Waals surface area contributed by atoms with Crippen molar-refractivity contribution >= 4 is 5.97 Å². The van der Waals surface area contributed by atoms with E-state index in [2.05, 4.69) is 48.4 Å². The number of allylic oxidation sites excluding steroid dienone is 5. The fraction of sp³-hybridized carbons (Fsp3) is 0.400. The van der Waals surface area contributed by atoms with E-state index in [-0.39, 0.29) is 30.8 Å². The van der Waals surface area contributed by atoms with Crippen LogP contribution >= 0.6 is 0 Å². The minimum atomic E-state index is -1.32. The lowest BCUT2D eigenvalue weighted by Gasteiger charge is -2.33. The van der Waals surface area contributed by atoms with Crippen molar-refractivity contribution in [2.45, 2.75) is 19.8 Å². The van der Waals surface area contributed by atoms with Crippen LogP contribution in [0, 0.1) is 57.7 Å². The molecule has 0 heterocycles. The first-order valence-corrected chi connectivity index (χ1v) is 7.74. The number of fused-ring (bicyclic) bond motifs is 2. The van der Waals surface area contributed by atoms with Gasteiger partial charge in [0.1, 0.15) is 0 Å². The van der Waals surface area contributed by atoms with Gasteiger partial charge in [-0.05, 0) is 29.9 Å². The Morgan fingerprint density at radius 1 is 1.42 bits per heavy atom. The molecule has 0 N–H and O–H groups in total. The average molecular weight is 318 g/mol. The van der Waals surface area contributed by atoms with Gasteiger partial charge in [-0.15, -0.1) is 5.73 Å². The molecular formula is C20H18N2O2. The Labute approximate surface area is 142 Å². The van der Waals surface area contributed by atoms with E-state index >= 15 is 0 Å². The van der Waals surface area contributed by atoms with E-state index in [0.29, 0.717) is 0 Å². The molecule has 2 bridgehead atoms. The van der Waals surface area contributed by atoms with Gasteiger partial charge in [-0.3, -0.25) is 4.79 Å². The highest BCUT2D eigenvalue weighted by Crippen LogP contribution is 2.48. The summed E-state index contributed by atoms with van der Waals surface area (Å²) in [6.45, 7) is 4.90. The Morgan fingerprint density at radius 2 is 2.17 bits per heavy atom. The van der Waals surface area contributed by atoms with Crippen LogP contribution in [-0.4, -0.2) is 12.6 Å². The maximum atomic E-state index is 10.7. The lowest BCUT2D eigenvalue weighted by Crippen LogP contribution is -2.30. The summed E-state index contributed by atoms with van der Waals surface area (Å²) in [6.07, 6.45) is 9.16. The third-order valence-corrected chi connectivity index (χ3v) is 4.36. The number of rotatable bonds is 4. The molecule has 4 heteroatoms. The van der Waals surface area contributed by atoms with Gasteiger partial charge in [0.2, 0.25) is 0 Å². The minimum Gasteiger partial charge on any atom is -0.453 e. The number of nitrogens with zero attached hydrogens (tertiary/aromatic N) is 2. The molecule has 0 radical (unpaired) electrons. The fourth-order valence-corrected chi connectivity index (χ4v) is 3.21. The third-order valence-electron chi connectivity index (χ3n) is 4.36. The molecule has 0 aromatic carbocycles. The predicted octanol–water partition coefficient (Wildman–Crippen LogP) is 3.07. The summed E-state index contributed by atoms with van der Waals surface area (Å²) in [5, 5.41) is 19.4. The van der Waals surface area contributed by atoms with Crippen molar-refractivity contribution in [3.63, 3.8) is 0 Å². The number of hydrogen-bond donors (Lipinski definition) is 0. The lowest BCUT2D eigenvalue weighted by atomic mass is 9.66. The van der Waals surface area contributed by atoms with Crippen molar-refractivity contribution in [3.05, 3.63) is 42.2 Å². The van der Waals surface area contributed by atoms with Crippen LogP contribution in [0.3, 0.4) is 0 Å². The van der Waals surface area contributed by atoms with E-state index in [0.717, 1.165) is 12.0 Å². The highest BCUT2D eigenvalue weighted by molar-refractivity contribution is 5.66. The molecule has 3 atom stereocenters. The molecule has 2 aliphatic rings. The number of esters is 1. The molecular weight excluding hydrogens is 300 g/mol. The van der Waals surface area contributed by atoms with E-state index in [9.17, 15) is 15.3 Å². The van der Waals surface area contributed by atoms with Crippen LogP contribution in [0.25, 0.3) is 0 Å². The molecule has 2 rings (SSSR count). The summed E-state index contributed by atoms with van der Waals surface area (Å²) >= 11 is 0. The molecule has 24 heavy (non-hydrogen) atoms. The van der Waals surface area contributed by atoms with Crippen LogP contribution in [0.4, 0.5) is 0 Å². The molecule has 0 saturated heterocycles. The first kappa shape index (κ1) is 17.4. The molecule has 2 aliphatic carbocycles. The Balaban J connectivity index is 2.29. The standard InChI is InChI=1S/C20H18N2O2/c1-3-6-18-17-8-7-16(11-17)12-19(18)20(13-21,14-22)9-4-5-10-24-15(2)23/h6-8,12,16-18H,1,9-11H2,2H3/t16-,17?,18-/m0/s1. The van der Waals surface area contributed by atoms with Gasteiger partial charge >= 0.3 is 5.97 Å². The summed E-state index contributed by atoms with van der Waals surface area (Å²) in [4.78, 5) is 10.7. The smallest absolute Gasteiger partial charge is 0.303 e. The largest absolute Gasteiger partial charge is 0.453 e. The van der Waals surface area contributed by atoms with E-state index < -0.39 is 11.4 Å². The number of ether oxygens (including phenoxy) is 1. The molecule has 0 aromatic rings. The van der Waals surface area contributed by atoms with Crippen LogP contribution in [-0.2, 0) is 9.53 Å². The van der Waals surface area contributed by atoms with Crippen LogP contribution in [0.2, 0.25) is 0 Å². The quantitative estimate of drug-likeness (QED) is 0.345. The monoisotopic (exact) mass is 318 g/mol. The fourth-order valence-electron chi connectivity index (χ4n) is 3.21. The second kappa shape index (κ2) is 7.52. The zero-order valence-electron chi connectivity index (χ0n) is 13.6. The average Bonchev–Trinajstić information content (AvgIpc) is 2.96. The van der Waals surface area contributed by atoms with Gasteiger partial charge < -0.3 is 4.74 Å². The summed E-state index contributed by atoms with van der Waals surface area (Å²) < 4.78 is 4.75. The first-order valence-electron chi connectivity index (χ1n) is 7.74. The second-order valence-electron chi connectivity index (χ2n) is 5.91. The van der Waals surface area contributed by atoms with Gasteiger partial charge in [-0.25, -0.2) is 0 Å². The predicted molar refractivity (Wildman–Crippen MR) is 88.7 cm³/mol. The Bertz CT molecular complexity index is 759. The van der Waals surface area contributed by atoms with Crippen LogP contribution < -0.4 is 0 Å². The molecule has 1 unspecified atom stereocenters. The molecule has 0 amide bonds. The summed E-state index contributed by atoms with van der Waals surface area (Å²) in [6, 6.07) is 4.31. The lowest BCUT2D eigenvalue weighted by molar-refractivity contribution is -0.139. The Morgan fingerprint density at radius 3 is 2.79 bits per heavy atom. The Hall–Kier alpha value is -2.99. The van der Waals surface area contributed by atoms with E-state index in [1.54, 1.807) is 0 Å². The van der Waals surface area contributed by atoms with Gasteiger partial charge in [0.15, 0.2) is 12.0 Å². The zero-order chi connectivity index (χ0) is 17.6. The number of carbonyl (C=O) groups is 1.